The summed E-state index contributed by atoms with van der Waals surface area (Å²) in [4.78, 5) is 4.69. The van der Waals surface area contributed by atoms with Crippen LogP contribution in [-0.4, -0.2) is 33.4 Å². The zero-order valence-electron chi connectivity index (χ0n) is 16.5. The van der Waals surface area contributed by atoms with Crippen molar-refractivity contribution in [3.8, 4) is 0 Å². The van der Waals surface area contributed by atoms with Gasteiger partial charge in [-0.25, -0.2) is 4.98 Å². The van der Waals surface area contributed by atoms with E-state index in [1.54, 1.807) is 0 Å². The van der Waals surface area contributed by atoms with Gasteiger partial charge in [0.15, 0.2) is 11.7 Å². The van der Waals surface area contributed by atoms with Gasteiger partial charge in [-0.1, -0.05) is 0 Å². The highest BCUT2D eigenvalue weighted by Gasteiger charge is 2.32. The summed E-state index contributed by atoms with van der Waals surface area (Å²) >= 11 is 0. The van der Waals surface area contributed by atoms with Crippen LogP contribution in [0.1, 0.15) is 55.0 Å². The Morgan fingerprint density at radius 1 is 1.10 bits per heavy atom. The molecule has 0 saturated heterocycles. The van der Waals surface area contributed by atoms with Crippen molar-refractivity contribution >= 4 is 11.6 Å². The Hall–Kier alpha value is -2.58. The van der Waals surface area contributed by atoms with E-state index in [1.165, 1.54) is 0 Å². The van der Waals surface area contributed by atoms with E-state index in [2.05, 4.69) is 33.5 Å². The number of hydrogen-bond acceptors (Lipinski definition) is 7. The maximum Gasteiger partial charge on any atom is 0.179 e. The lowest BCUT2D eigenvalue weighted by Crippen LogP contribution is -2.45. The Morgan fingerprint density at radius 2 is 2.00 bits per heavy atom. The number of ether oxygens (including phenoxy) is 2. The minimum atomic E-state index is 0.191. The molecule has 4 aliphatic rings. The molecule has 2 aliphatic heterocycles. The van der Waals surface area contributed by atoms with Crippen LogP contribution in [0.2, 0.25) is 0 Å². The second-order valence-electron chi connectivity index (χ2n) is 8.31. The summed E-state index contributed by atoms with van der Waals surface area (Å²) in [5, 5.41) is 14.3. The molecule has 5 N–H and O–H groups in total. The second kappa shape index (κ2) is 7.68. The zero-order valence-corrected chi connectivity index (χ0v) is 16.5. The number of H-pyrrole nitrogens is 1. The molecule has 0 unspecified atom stereocenters. The first-order chi connectivity index (χ1) is 14.1. The van der Waals surface area contributed by atoms with Gasteiger partial charge in [0, 0.05) is 30.3 Å². The van der Waals surface area contributed by atoms with Crippen LogP contribution in [-0.2, 0) is 22.6 Å². The van der Waals surface area contributed by atoms with Gasteiger partial charge in [-0.15, -0.1) is 0 Å². The number of hydrogen-bond donors (Lipinski definition) is 4. The number of fused-ring (bicyclic) bond motifs is 3. The van der Waals surface area contributed by atoms with E-state index in [1.807, 2.05) is 12.1 Å². The minimum Gasteiger partial charge on any atom is -0.476 e. The van der Waals surface area contributed by atoms with Gasteiger partial charge >= 0.3 is 0 Å². The summed E-state index contributed by atoms with van der Waals surface area (Å²) < 4.78 is 12.1. The van der Waals surface area contributed by atoms with Crippen LogP contribution in [0.25, 0.3) is 0 Å². The molecule has 6 rings (SSSR count). The molecule has 29 heavy (non-hydrogen) atoms. The lowest BCUT2D eigenvalue weighted by atomic mass is 9.89. The van der Waals surface area contributed by atoms with Crippen LogP contribution in [0.15, 0.2) is 30.7 Å². The summed E-state index contributed by atoms with van der Waals surface area (Å²) in [6, 6.07) is 6.39. The first-order valence-corrected chi connectivity index (χ1v) is 10.4. The summed E-state index contributed by atoms with van der Waals surface area (Å²) in [6.45, 7) is 4.98. The van der Waals surface area contributed by atoms with Gasteiger partial charge < -0.3 is 25.8 Å². The van der Waals surface area contributed by atoms with E-state index >= 15 is 0 Å². The predicted octanol–water partition coefficient (Wildman–Crippen LogP) is 2.78. The van der Waals surface area contributed by atoms with Crippen molar-refractivity contribution in [1.82, 2.24) is 20.5 Å². The van der Waals surface area contributed by atoms with Crippen LogP contribution in [0.3, 0.4) is 0 Å². The quantitative estimate of drug-likeness (QED) is 0.587. The molecule has 8 heteroatoms. The van der Waals surface area contributed by atoms with Crippen molar-refractivity contribution in [2.24, 2.45) is 5.73 Å². The summed E-state index contributed by atoms with van der Waals surface area (Å²) in [5.74, 6) is 2.58. The SMILES string of the molecule is C=C1N[C@H]2C[C@@H](C2)OCc2cc(CN)cc(n2)Nc2cc([nH]n2)[C@H]2CC[C@H](C2)O1. The van der Waals surface area contributed by atoms with Crippen molar-refractivity contribution in [2.45, 2.75) is 69.4 Å². The molecule has 2 aromatic heterocycles. The molecule has 0 aromatic carbocycles. The van der Waals surface area contributed by atoms with Gasteiger partial charge in [-0.2, -0.15) is 5.10 Å². The Labute approximate surface area is 170 Å². The van der Waals surface area contributed by atoms with Crippen LogP contribution in [0.5, 0.6) is 0 Å². The molecule has 8 bridgehead atoms. The molecule has 2 aliphatic carbocycles. The highest BCUT2D eigenvalue weighted by Crippen LogP contribution is 2.37. The van der Waals surface area contributed by atoms with E-state index in [9.17, 15) is 0 Å². The van der Waals surface area contributed by atoms with Crippen LogP contribution < -0.4 is 16.4 Å². The third kappa shape index (κ3) is 4.09. The number of nitrogens with one attached hydrogen (secondary N) is 3. The molecule has 0 radical (unpaired) electrons. The van der Waals surface area contributed by atoms with Crippen LogP contribution in [0.4, 0.5) is 11.6 Å². The smallest absolute Gasteiger partial charge is 0.179 e. The Kier molecular flexibility index (Phi) is 4.89. The van der Waals surface area contributed by atoms with Crippen LogP contribution in [0, 0.1) is 0 Å². The molecule has 8 nitrogen and oxygen atoms in total. The molecule has 2 saturated carbocycles. The molecule has 154 valence electrons. The molecule has 0 amide bonds. The molecular formula is C21H28N6O2. The normalized spacial score (nSPS) is 28.9. The molecular weight excluding hydrogens is 368 g/mol. The number of aromatic nitrogens is 3. The number of pyridine rings is 1. The largest absolute Gasteiger partial charge is 0.476 e. The minimum absolute atomic E-state index is 0.191. The van der Waals surface area contributed by atoms with Gasteiger partial charge in [0.05, 0.1) is 18.4 Å². The maximum atomic E-state index is 6.07. The Bertz CT molecular complexity index is 891. The molecule has 2 aromatic rings. The lowest BCUT2D eigenvalue weighted by Gasteiger charge is -2.36. The number of anilines is 2. The number of rotatable bonds is 1. The fraction of sp³-hybridized carbons (Fsp3) is 0.524. The third-order valence-electron chi connectivity index (χ3n) is 6.09. The lowest BCUT2D eigenvalue weighted by molar-refractivity contribution is -0.0311. The van der Waals surface area contributed by atoms with Gasteiger partial charge in [0.2, 0.25) is 0 Å². The van der Waals surface area contributed by atoms with Gasteiger partial charge in [-0.05, 0) is 56.4 Å². The molecule has 2 atom stereocenters. The fourth-order valence-corrected chi connectivity index (χ4v) is 4.46. The summed E-state index contributed by atoms with van der Waals surface area (Å²) in [6.07, 6.45) is 5.37. The average molecular weight is 396 g/mol. The van der Waals surface area contributed by atoms with Gasteiger partial charge in [0.1, 0.15) is 11.9 Å². The topological polar surface area (TPSA) is 110 Å². The van der Waals surface area contributed by atoms with Crippen molar-refractivity contribution < 1.29 is 9.47 Å². The fourth-order valence-electron chi connectivity index (χ4n) is 4.46. The number of nitrogens with two attached hydrogens (primary N) is 1. The second-order valence-corrected chi connectivity index (χ2v) is 8.31. The highest BCUT2D eigenvalue weighted by atomic mass is 16.5. The van der Waals surface area contributed by atoms with E-state index in [4.69, 9.17) is 20.2 Å². The first kappa shape index (κ1) is 18.4. The average Bonchev–Trinajstić information content (AvgIpc) is 3.32. The number of nitrogens with zero attached hydrogens (tertiary/aromatic N) is 2. The standard InChI is InChI=1S/C21H28N6O2/c1-12-23-15-7-18(8-15)28-11-16-4-13(10-22)5-20(24-16)25-21-9-19(26-27-21)14-2-3-17(6-14)29-12/h4-5,9,14-15,17-18,23H,1-3,6-8,10-11,22H2,(H2,24,25,26,27)/t14-,15-,17+,18-/m0/s1. The molecule has 0 spiro atoms. The Balaban J connectivity index is 1.39. The number of aromatic amines is 1. The van der Waals surface area contributed by atoms with Crippen molar-refractivity contribution in [2.75, 3.05) is 5.32 Å². The van der Waals surface area contributed by atoms with Crippen molar-refractivity contribution in [3.05, 3.63) is 47.6 Å². The third-order valence-corrected chi connectivity index (χ3v) is 6.09. The van der Waals surface area contributed by atoms with Crippen molar-refractivity contribution in [1.29, 1.82) is 0 Å². The first-order valence-electron chi connectivity index (χ1n) is 10.4. The van der Waals surface area contributed by atoms with Gasteiger partial charge in [-0.3, -0.25) is 5.10 Å². The van der Waals surface area contributed by atoms with Gasteiger partial charge in [0.25, 0.3) is 0 Å². The van der Waals surface area contributed by atoms with E-state index in [-0.39, 0.29) is 12.2 Å². The van der Waals surface area contributed by atoms with E-state index < -0.39 is 0 Å². The molecule has 4 heterocycles. The summed E-state index contributed by atoms with van der Waals surface area (Å²) in [5.41, 5.74) is 8.90. The Morgan fingerprint density at radius 3 is 2.86 bits per heavy atom. The maximum absolute atomic E-state index is 6.07. The summed E-state index contributed by atoms with van der Waals surface area (Å²) in [7, 11) is 0. The van der Waals surface area contributed by atoms with E-state index in [0.29, 0.717) is 31.0 Å². The van der Waals surface area contributed by atoms with E-state index in [0.717, 1.165) is 60.7 Å². The zero-order chi connectivity index (χ0) is 19.8. The monoisotopic (exact) mass is 396 g/mol. The molecule has 2 fully saturated rings. The predicted molar refractivity (Wildman–Crippen MR) is 109 cm³/mol. The highest BCUT2D eigenvalue weighted by molar-refractivity contribution is 5.53. The van der Waals surface area contributed by atoms with Crippen molar-refractivity contribution in [3.63, 3.8) is 0 Å². The van der Waals surface area contributed by atoms with Crippen LogP contribution >= 0.6 is 0 Å².